The Balaban J connectivity index is 2.78. The molecule has 0 amide bonds. The van der Waals surface area contributed by atoms with Crippen molar-refractivity contribution in [1.82, 2.24) is 0 Å². The van der Waals surface area contributed by atoms with Crippen molar-refractivity contribution in [2.24, 2.45) is 0 Å². The fraction of sp³-hybridized carbons (Fsp3) is 0.222. The van der Waals surface area contributed by atoms with Crippen LogP contribution in [0.4, 0.5) is 8.78 Å². The van der Waals surface area contributed by atoms with E-state index in [1.165, 1.54) is 13.0 Å². The standard InChI is InChI=1S/C9H8F2O3/c1-5-4-6(2-3-7(5)10)14-8(11)9(12)13/h2-4,8H,1H3,(H,12,13). The highest BCUT2D eigenvalue weighted by Gasteiger charge is 2.17. The molecule has 0 saturated heterocycles. The Kier molecular flexibility index (Phi) is 3.01. The van der Waals surface area contributed by atoms with Gasteiger partial charge in [0, 0.05) is 0 Å². The molecule has 1 atom stereocenters. The molecular weight excluding hydrogens is 194 g/mol. The minimum atomic E-state index is -2.43. The van der Waals surface area contributed by atoms with E-state index in [1.807, 2.05) is 0 Å². The van der Waals surface area contributed by atoms with Gasteiger partial charge in [-0.1, -0.05) is 0 Å². The van der Waals surface area contributed by atoms with Gasteiger partial charge in [-0.25, -0.2) is 9.18 Å². The summed E-state index contributed by atoms with van der Waals surface area (Å²) in [6.07, 6.45) is -2.43. The van der Waals surface area contributed by atoms with Crippen molar-refractivity contribution < 1.29 is 23.4 Å². The number of hydrogen-bond donors (Lipinski definition) is 1. The minimum Gasteiger partial charge on any atom is -0.476 e. The zero-order valence-corrected chi connectivity index (χ0v) is 7.33. The van der Waals surface area contributed by atoms with Gasteiger partial charge in [-0.3, -0.25) is 0 Å². The quantitative estimate of drug-likeness (QED) is 0.814. The largest absolute Gasteiger partial charge is 0.476 e. The number of alkyl halides is 1. The average molecular weight is 202 g/mol. The number of halogens is 2. The van der Waals surface area contributed by atoms with Gasteiger partial charge < -0.3 is 9.84 Å². The predicted molar refractivity (Wildman–Crippen MR) is 44.3 cm³/mol. The third kappa shape index (κ3) is 2.42. The molecule has 0 spiro atoms. The summed E-state index contributed by atoms with van der Waals surface area (Å²) < 4.78 is 29.6. The van der Waals surface area contributed by atoms with E-state index in [-0.39, 0.29) is 11.3 Å². The van der Waals surface area contributed by atoms with Gasteiger partial charge in [0.1, 0.15) is 11.6 Å². The van der Waals surface area contributed by atoms with Gasteiger partial charge in [-0.15, -0.1) is 0 Å². The zero-order chi connectivity index (χ0) is 10.7. The lowest BCUT2D eigenvalue weighted by Crippen LogP contribution is -2.21. The van der Waals surface area contributed by atoms with E-state index in [4.69, 9.17) is 5.11 Å². The SMILES string of the molecule is Cc1cc(OC(F)C(=O)O)ccc1F. The molecule has 14 heavy (non-hydrogen) atoms. The van der Waals surface area contributed by atoms with Crippen LogP contribution in [0.25, 0.3) is 0 Å². The van der Waals surface area contributed by atoms with Gasteiger partial charge in [-0.2, -0.15) is 4.39 Å². The Labute approximate surface area is 78.9 Å². The summed E-state index contributed by atoms with van der Waals surface area (Å²) in [6.45, 7) is 1.47. The van der Waals surface area contributed by atoms with E-state index in [9.17, 15) is 13.6 Å². The topological polar surface area (TPSA) is 46.5 Å². The van der Waals surface area contributed by atoms with Crippen molar-refractivity contribution in [2.45, 2.75) is 13.3 Å². The van der Waals surface area contributed by atoms with Gasteiger partial charge in [0.05, 0.1) is 0 Å². The molecule has 0 aliphatic heterocycles. The summed E-state index contributed by atoms with van der Waals surface area (Å²) in [7, 11) is 0. The molecule has 1 aromatic carbocycles. The first-order valence-corrected chi connectivity index (χ1v) is 3.80. The molecule has 0 aliphatic rings. The second-order valence-electron chi connectivity index (χ2n) is 2.68. The lowest BCUT2D eigenvalue weighted by molar-refractivity contribution is -0.153. The number of benzene rings is 1. The van der Waals surface area contributed by atoms with Crippen LogP contribution in [0.3, 0.4) is 0 Å². The Bertz CT molecular complexity index is 352. The van der Waals surface area contributed by atoms with Crippen molar-refractivity contribution in [1.29, 1.82) is 0 Å². The van der Waals surface area contributed by atoms with Crippen molar-refractivity contribution in [2.75, 3.05) is 0 Å². The number of aryl methyl sites for hydroxylation is 1. The van der Waals surface area contributed by atoms with Crippen LogP contribution in [0.15, 0.2) is 18.2 Å². The van der Waals surface area contributed by atoms with Crippen LogP contribution in [-0.4, -0.2) is 17.4 Å². The lowest BCUT2D eigenvalue weighted by atomic mass is 10.2. The third-order valence-corrected chi connectivity index (χ3v) is 1.56. The maximum Gasteiger partial charge on any atom is 0.378 e. The predicted octanol–water partition coefficient (Wildman–Crippen LogP) is 1.89. The maximum atomic E-state index is 12.7. The highest BCUT2D eigenvalue weighted by Crippen LogP contribution is 2.17. The van der Waals surface area contributed by atoms with Crippen molar-refractivity contribution in [3.63, 3.8) is 0 Å². The normalized spacial score (nSPS) is 12.2. The Hall–Kier alpha value is -1.65. The first-order chi connectivity index (χ1) is 6.50. The summed E-state index contributed by atoms with van der Waals surface area (Å²) in [5, 5.41) is 8.19. The number of ether oxygens (including phenoxy) is 1. The Morgan fingerprint density at radius 2 is 2.21 bits per heavy atom. The molecule has 0 heterocycles. The molecule has 1 aromatic rings. The Morgan fingerprint density at radius 1 is 1.57 bits per heavy atom. The number of carboxylic acids is 1. The third-order valence-electron chi connectivity index (χ3n) is 1.56. The molecule has 3 nitrogen and oxygen atoms in total. The van der Waals surface area contributed by atoms with Crippen LogP contribution in [0, 0.1) is 12.7 Å². The van der Waals surface area contributed by atoms with E-state index in [0.717, 1.165) is 12.1 Å². The fourth-order valence-corrected chi connectivity index (χ4v) is 0.860. The molecule has 5 heteroatoms. The summed E-state index contributed by atoms with van der Waals surface area (Å²) in [6, 6.07) is 3.47. The Morgan fingerprint density at radius 3 is 2.71 bits per heavy atom. The first-order valence-electron chi connectivity index (χ1n) is 3.80. The monoisotopic (exact) mass is 202 g/mol. The van der Waals surface area contributed by atoms with E-state index < -0.39 is 18.1 Å². The van der Waals surface area contributed by atoms with Gasteiger partial charge >= 0.3 is 12.3 Å². The molecule has 0 bridgehead atoms. The fourth-order valence-electron chi connectivity index (χ4n) is 0.860. The average Bonchev–Trinajstić information content (AvgIpc) is 2.11. The van der Waals surface area contributed by atoms with Gasteiger partial charge in [0.15, 0.2) is 0 Å². The maximum absolute atomic E-state index is 12.7. The van der Waals surface area contributed by atoms with Crippen LogP contribution in [-0.2, 0) is 4.79 Å². The summed E-state index contributed by atoms with van der Waals surface area (Å²) in [5.74, 6) is -2.19. The van der Waals surface area contributed by atoms with Crippen molar-refractivity contribution in [3.05, 3.63) is 29.6 Å². The van der Waals surface area contributed by atoms with Gasteiger partial charge in [0.25, 0.3) is 0 Å². The van der Waals surface area contributed by atoms with Gasteiger partial charge in [-0.05, 0) is 30.7 Å². The molecule has 0 saturated carbocycles. The van der Waals surface area contributed by atoms with Crippen LogP contribution in [0.5, 0.6) is 5.75 Å². The minimum absolute atomic E-state index is 0.0150. The summed E-state index contributed by atoms with van der Waals surface area (Å²) in [4.78, 5) is 10.1. The molecule has 0 aliphatic carbocycles. The van der Waals surface area contributed by atoms with E-state index in [2.05, 4.69) is 4.74 Å². The summed E-state index contributed by atoms with van der Waals surface area (Å²) in [5.41, 5.74) is 0.264. The molecule has 1 unspecified atom stereocenters. The highest BCUT2D eigenvalue weighted by atomic mass is 19.1. The smallest absolute Gasteiger partial charge is 0.378 e. The molecule has 0 fully saturated rings. The first kappa shape index (κ1) is 10.4. The van der Waals surface area contributed by atoms with Crippen molar-refractivity contribution in [3.8, 4) is 5.75 Å². The number of aliphatic carboxylic acids is 1. The van der Waals surface area contributed by atoms with E-state index >= 15 is 0 Å². The van der Waals surface area contributed by atoms with Crippen LogP contribution < -0.4 is 4.74 Å². The molecule has 0 radical (unpaired) electrons. The molecule has 0 aromatic heterocycles. The molecule has 76 valence electrons. The summed E-state index contributed by atoms with van der Waals surface area (Å²) >= 11 is 0. The van der Waals surface area contributed by atoms with Crippen LogP contribution in [0.2, 0.25) is 0 Å². The van der Waals surface area contributed by atoms with E-state index in [1.54, 1.807) is 0 Å². The second-order valence-corrected chi connectivity index (χ2v) is 2.68. The number of carboxylic acid groups (broad SMARTS) is 1. The lowest BCUT2D eigenvalue weighted by Gasteiger charge is -2.07. The highest BCUT2D eigenvalue weighted by molar-refractivity contribution is 5.70. The van der Waals surface area contributed by atoms with Crippen molar-refractivity contribution >= 4 is 5.97 Å². The number of hydrogen-bond acceptors (Lipinski definition) is 2. The van der Waals surface area contributed by atoms with E-state index in [0.29, 0.717) is 0 Å². The molecule has 1 rings (SSSR count). The molecule has 1 N–H and O–H groups in total. The van der Waals surface area contributed by atoms with Crippen LogP contribution >= 0.6 is 0 Å². The van der Waals surface area contributed by atoms with Crippen LogP contribution in [0.1, 0.15) is 5.56 Å². The zero-order valence-electron chi connectivity index (χ0n) is 7.33. The second kappa shape index (κ2) is 4.04. The number of carbonyl (C=O) groups is 1. The van der Waals surface area contributed by atoms with Gasteiger partial charge in [0.2, 0.25) is 0 Å². The number of rotatable bonds is 3. The molecular formula is C9H8F2O3.